The van der Waals surface area contributed by atoms with E-state index in [9.17, 15) is 5.11 Å². The molecule has 0 radical (unpaired) electrons. The van der Waals surface area contributed by atoms with Crippen molar-refractivity contribution in [2.75, 3.05) is 32.0 Å². The Labute approximate surface area is 123 Å². The molecule has 1 aliphatic rings. The second kappa shape index (κ2) is 7.50. The number of aliphatic hydroxyl groups excluding tert-OH is 1. The highest BCUT2D eigenvalue weighted by Gasteiger charge is 2.26. The Bertz CT molecular complexity index is 405. The SMILES string of the molecule is CCN1CCOC(C(O)CSc2cccc(Cl)c2)C1. The molecule has 0 aliphatic carbocycles. The van der Waals surface area contributed by atoms with Gasteiger partial charge in [0.25, 0.3) is 0 Å². The van der Waals surface area contributed by atoms with Gasteiger partial charge in [-0.25, -0.2) is 0 Å². The van der Waals surface area contributed by atoms with Crippen LogP contribution in [-0.2, 0) is 4.74 Å². The molecule has 0 amide bonds. The summed E-state index contributed by atoms with van der Waals surface area (Å²) in [5, 5.41) is 10.9. The predicted octanol–water partition coefficient (Wildman–Crippen LogP) is 2.51. The number of morpholine rings is 1. The molecule has 0 saturated carbocycles. The van der Waals surface area contributed by atoms with Gasteiger partial charge in [0, 0.05) is 28.8 Å². The molecule has 1 heterocycles. The van der Waals surface area contributed by atoms with E-state index in [1.807, 2.05) is 24.3 Å². The fourth-order valence-corrected chi connectivity index (χ4v) is 3.32. The Morgan fingerprint density at radius 1 is 1.58 bits per heavy atom. The van der Waals surface area contributed by atoms with Crippen LogP contribution in [0.1, 0.15) is 6.92 Å². The second-order valence-corrected chi connectivity index (χ2v) is 6.17. The fraction of sp³-hybridized carbons (Fsp3) is 0.571. The van der Waals surface area contributed by atoms with Crippen molar-refractivity contribution in [1.29, 1.82) is 0 Å². The molecule has 1 saturated heterocycles. The van der Waals surface area contributed by atoms with E-state index in [0.717, 1.165) is 29.6 Å². The lowest BCUT2D eigenvalue weighted by Gasteiger charge is -2.34. The molecule has 19 heavy (non-hydrogen) atoms. The molecule has 5 heteroatoms. The summed E-state index contributed by atoms with van der Waals surface area (Å²) in [6, 6.07) is 7.70. The zero-order valence-corrected chi connectivity index (χ0v) is 12.7. The number of thioether (sulfide) groups is 1. The summed E-state index contributed by atoms with van der Waals surface area (Å²) in [6.45, 7) is 5.62. The molecule has 0 bridgehead atoms. The number of ether oxygens (including phenoxy) is 1. The van der Waals surface area contributed by atoms with Gasteiger partial charge in [0.2, 0.25) is 0 Å². The normalized spacial score (nSPS) is 22.4. The van der Waals surface area contributed by atoms with E-state index >= 15 is 0 Å². The first-order chi connectivity index (χ1) is 9.19. The summed E-state index contributed by atoms with van der Waals surface area (Å²) in [4.78, 5) is 3.39. The third kappa shape index (κ3) is 4.65. The summed E-state index contributed by atoms with van der Waals surface area (Å²) in [7, 11) is 0. The Morgan fingerprint density at radius 2 is 2.42 bits per heavy atom. The number of hydrogen-bond acceptors (Lipinski definition) is 4. The van der Waals surface area contributed by atoms with Gasteiger partial charge < -0.3 is 9.84 Å². The van der Waals surface area contributed by atoms with Gasteiger partial charge in [-0.15, -0.1) is 11.8 Å². The number of nitrogens with zero attached hydrogens (tertiary/aromatic N) is 1. The summed E-state index contributed by atoms with van der Waals surface area (Å²) >= 11 is 7.55. The van der Waals surface area contributed by atoms with Gasteiger partial charge in [-0.05, 0) is 24.7 Å². The summed E-state index contributed by atoms with van der Waals surface area (Å²) in [6.07, 6.45) is -0.529. The van der Waals surface area contributed by atoms with Crippen molar-refractivity contribution >= 4 is 23.4 Å². The molecule has 0 spiro atoms. The van der Waals surface area contributed by atoms with Gasteiger partial charge in [-0.3, -0.25) is 4.90 Å². The van der Waals surface area contributed by atoms with Gasteiger partial charge >= 0.3 is 0 Å². The Balaban J connectivity index is 1.82. The van der Waals surface area contributed by atoms with Crippen LogP contribution in [0.15, 0.2) is 29.2 Å². The Morgan fingerprint density at radius 3 is 3.16 bits per heavy atom. The number of aliphatic hydroxyl groups is 1. The number of halogens is 1. The van der Waals surface area contributed by atoms with Crippen LogP contribution >= 0.6 is 23.4 Å². The molecular formula is C14H20ClNO2S. The lowest BCUT2D eigenvalue weighted by molar-refractivity contribution is -0.0799. The lowest BCUT2D eigenvalue weighted by Crippen LogP contribution is -2.48. The monoisotopic (exact) mass is 301 g/mol. The van der Waals surface area contributed by atoms with Gasteiger partial charge in [0.05, 0.1) is 18.8 Å². The third-order valence-electron chi connectivity index (χ3n) is 3.27. The lowest BCUT2D eigenvalue weighted by atomic mass is 10.2. The van der Waals surface area contributed by atoms with Crippen molar-refractivity contribution in [2.45, 2.75) is 24.0 Å². The summed E-state index contributed by atoms with van der Waals surface area (Å²) < 4.78 is 5.65. The minimum Gasteiger partial charge on any atom is -0.389 e. The molecule has 1 aliphatic heterocycles. The molecule has 2 rings (SSSR count). The number of likely N-dealkylation sites (N-methyl/N-ethyl adjacent to an activating group) is 1. The molecular weight excluding hydrogens is 282 g/mol. The Hall–Kier alpha value is -0.260. The first kappa shape index (κ1) is 15.1. The van der Waals surface area contributed by atoms with Crippen LogP contribution in [0.2, 0.25) is 5.02 Å². The van der Waals surface area contributed by atoms with Crippen LogP contribution in [0.25, 0.3) is 0 Å². The topological polar surface area (TPSA) is 32.7 Å². The van der Waals surface area contributed by atoms with Crippen LogP contribution in [0.3, 0.4) is 0 Å². The van der Waals surface area contributed by atoms with E-state index in [1.54, 1.807) is 11.8 Å². The zero-order valence-electron chi connectivity index (χ0n) is 11.1. The maximum Gasteiger partial charge on any atom is 0.0969 e. The van der Waals surface area contributed by atoms with Crippen molar-refractivity contribution in [1.82, 2.24) is 4.90 Å². The van der Waals surface area contributed by atoms with E-state index in [0.29, 0.717) is 12.4 Å². The zero-order chi connectivity index (χ0) is 13.7. The van der Waals surface area contributed by atoms with Crippen LogP contribution in [0, 0.1) is 0 Å². The Kier molecular flexibility index (Phi) is 5.98. The minimum absolute atomic E-state index is 0.0830. The van der Waals surface area contributed by atoms with Crippen molar-refractivity contribution in [3.63, 3.8) is 0 Å². The largest absolute Gasteiger partial charge is 0.389 e. The molecule has 1 fully saturated rings. The van der Waals surface area contributed by atoms with Gasteiger partial charge in [0.15, 0.2) is 0 Å². The summed E-state index contributed by atoms with van der Waals surface area (Å²) in [5.41, 5.74) is 0. The highest BCUT2D eigenvalue weighted by molar-refractivity contribution is 7.99. The average Bonchev–Trinajstić information content (AvgIpc) is 2.45. The first-order valence-electron chi connectivity index (χ1n) is 6.59. The van der Waals surface area contributed by atoms with E-state index in [4.69, 9.17) is 16.3 Å². The minimum atomic E-state index is -0.446. The van der Waals surface area contributed by atoms with Crippen LogP contribution < -0.4 is 0 Å². The van der Waals surface area contributed by atoms with Crippen LogP contribution in [-0.4, -0.2) is 54.2 Å². The van der Waals surface area contributed by atoms with Gasteiger partial charge in [-0.1, -0.05) is 24.6 Å². The van der Waals surface area contributed by atoms with E-state index in [-0.39, 0.29) is 6.10 Å². The van der Waals surface area contributed by atoms with E-state index < -0.39 is 6.10 Å². The first-order valence-corrected chi connectivity index (χ1v) is 7.95. The van der Waals surface area contributed by atoms with Gasteiger partial charge in [0.1, 0.15) is 0 Å². The third-order valence-corrected chi connectivity index (χ3v) is 4.60. The maximum atomic E-state index is 10.2. The highest BCUT2D eigenvalue weighted by Crippen LogP contribution is 2.23. The molecule has 2 unspecified atom stereocenters. The van der Waals surface area contributed by atoms with Crippen molar-refractivity contribution in [3.05, 3.63) is 29.3 Å². The van der Waals surface area contributed by atoms with Crippen LogP contribution in [0.4, 0.5) is 0 Å². The van der Waals surface area contributed by atoms with Crippen molar-refractivity contribution in [3.8, 4) is 0 Å². The molecule has 106 valence electrons. The van der Waals surface area contributed by atoms with Gasteiger partial charge in [-0.2, -0.15) is 0 Å². The molecule has 1 aromatic carbocycles. The number of hydrogen-bond donors (Lipinski definition) is 1. The van der Waals surface area contributed by atoms with Crippen molar-refractivity contribution in [2.24, 2.45) is 0 Å². The van der Waals surface area contributed by atoms with Crippen molar-refractivity contribution < 1.29 is 9.84 Å². The predicted molar refractivity (Wildman–Crippen MR) is 80.0 cm³/mol. The van der Waals surface area contributed by atoms with Crippen LogP contribution in [0.5, 0.6) is 0 Å². The summed E-state index contributed by atoms with van der Waals surface area (Å²) in [5.74, 6) is 0.628. The fourth-order valence-electron chi connectivity index (χ4n) is 2.10. The average molecular weight is 302 g/mol. The smallest absolute Gasteiger partial charge is 0.0969 e. The highest BCUT2D eigenvalue weighted by atomic mass is 35.5. The second-order valence-electron chi connectivity index (χ2n) is 4.64. The molecule has 0 aromatic heterocycles. The maximum absolute atomic E-state index is 10.2. The van der Waals surface area contributed by atoms with E-state index in [2.05, 4.69) is 11.8 Å². The molecule has 2 atom stereocenters. The number of rotatable bonds is 5. The standard InChI is InChI=1S/C14H20ClNO2S/c1-2-16-6-7-18-14(9-16)13(17)10-19-12-5-3-4-11(15)8-12/h3-5,8,13-14,17H,2,6-7,9-10H2,1H3. The molecule has 3 nitrogen and oxygen atoms in total. The van der Waals surface area contributed by atoms with E-state index in [1.165, 1.54) is 0 Å². The quantitative estimate of drug-likeness (QED) is 0.847. The molecule has 1 aromatic rings. The number of benzene rings is 1. The molecule has 1 N–H and O–H groups in total.